The molecule has 5 nitrogen and oxygen atoms in total. The number of nitrogens with one attached hydrogen (secondary N) is 1. The maximum atomic E-state index is 12.7. The summed E-state index contributed by atoms with van der Waals surface area (Å²) in [6.07, 6.45) is 1.39. The Labute approximate surface area is 174 Å². The molecule has 0 atom stereocenters. The summed E-state index contributed by atoms with van der Waals surface area (Å²) in [6, 6.07) is 12.0. The molecule has 0 saturated carbocycles. The van der Waals surface area contributed by atoms with E-state index in [-0.39, 0.29) is 17.9 Å². The molecule has 0 unspecified atom stereocenters. The number of piperidine rings is 1. The van der Waals surface area contributed by atoms with E-state index in [0.29, 0.717) is 53.7 Å². The minimum absolute atomic E-state index is 0.0313. The van der Waals surface area contributed by atoms with Gasteiger partial charge in [-0.25, -0.2) is 0 Å². The summed E-state index contributed by atoms with van der Waals surface area (Å²) in [7, 11) is 0. The van der Waals surface area contributed by atoms with Crippen LogP contribution in [0.5, 0.6) is 5.75 Å². The minimum atomic E-state index is -0.117. The fraction of sp³-hybridized carbons (Fsp3) is 0.333. The van der Waals surface area contributed by atoms with Gasteiger partial charge in [-0.2, -0.15) is 0 Å². The number of benzene rings is 2. The number of rotatable bonds is 5. The van der Waals surface area contributed by atoms with Crippen LogP contribution >= 0.6 is 23.2 Å². The largest absolute Gasteiger partial charge is 0.494 e. The van der Waals surface area contributed by atoms with Crippen molar-refractivity contribution in [2.75, 3.05) is 19.7 Å². The van der Waals surface area contributed by atoms with Crippen LogP contribution in [-0.4, -0.2) is 42.5 Å². The predicted molar refractivity (Wildman–Crippen MR) is 110 cm³/mol. The van der Waals surface area contributed by atoms with Crippen molar-refractivity contribution in [3.8, 4) is 5.75 Å². The Bertz CT molecular complexity index is 847. The summed E-state index contributed by atoms with van der Waals surface area (Å²) in [4.78, 5) is 26.9. The predicted octanol–water partition coefficient (Wildman–Crippen LogP) is 4.43. The van der Waals surface area contributed by atoms with E-state index in [4.69, 9.17) is 27.9 Å². The number of carbonyl (C=O) groups is 2. The fourth-order valence-corrected chi connectivity index (χ4v) is 3.69. The molecule has 3 rings (SSSR count). The van der Waals surface area contributed by atoms with Crippen LogP contribution in [0.25, 0.3) is 0 Å². The number of amides is 2. The first-order valence-corrected chi connectivity index (χ1v) is 10.0. The van der Waals surface area contributed by atoms with Gasteiger partial charge in [-0.05, 0) is 62.2 Å². The monoisotopic (exact) mass is 420 g/mol. The first kappa shape index (κ1) is 20.5. The van der Waals surface area contributed by atoms with Gasteiger partial charge in [0.2, 0.25) is 0 Å². The second kappa shape index (κ2) is 9.30. The van der Waals surface area contributed by atoms with Gasteiger partial charge < -0.3 is 15.0 Å². The maximum absolute atomic E-state index is 12.7. The first-order chi connectivity index (χ1) is 13.5. The van der Waals surface area contributed by atoms with E-state index in [9.17, 15) is 9.59 Å². The van der Waals surface area contributed by atoms with Crippen molar-refractivity contribution in [2.45, 2.75) is 25.8 Å². The molecule has 2 aromatic rings. The lowest BCUT2D eigenvalue weighted by Gasteiger charge is -2.32. The lowest BCUT2D eigenvalue weighted by atomic mass is 10.0. The molecule has 1 saturated heterocycles. The van der Waals surface area contributed by atoms with Crippen LogP contribution in [0.3, 0.4) is 0 Å². The molecular formula is C21H22Cl2N2O3. The normalized spacial score (nSPS) is 14.6. The van der Waals surface area contributed by atoms with Gasteiger partial charge in [0.15, 0.2) is 0 Å². The van der Waals surface area contributed by atoms with Crippen molar-refractivity contribution < 1.29 is 14.3 Å². The van der Waals surface area contributed by atoms with E-state index in [1.807, 2.05) is 6.92 Å². The molecule has 28 heavy (non-hydrogen) atoms. The van der Waals surface area contributed by atoms with Gasteiger partial charge in [-0.3, -0.25) is 9.59 Å². The number of halogens is 2. The van der Waals surface area contributed by atoms with Crippen molar-refractivity contribution in [3.63, 3.8) is 0 Å². The fourth-order valence-electron chi connectivity index (χ4n) is 3.20. The highest BCUT2D eigenvalue weighted by Gasteiger charge is 2.26. The molecule has 1 aliphatic heterocycles. The SMILES string of the molecule is CCOc1ccc(C(=O)NC2CCN(C(=O)c3ccc(Cl)cc3Cl)CC2)cc1. The molecular weight excluding hydrogens is 399 g/mol. The molecule has 2 aromatic carbocycles. The van der Waals surface area contributed by atoms with Crippen LogP contribution < -0.4 is 10.1 Å². The lowest BCUT2D eigenvalue weighted by Crippen LogP contribution is -2.46. The molecule has 1 heterocycles. The van der Waals surface area contributed by atoms with Crippen LogP contribution in [0.4, 0.5) is 0 Å². The van der Waals surface area contributed by atoms with Crippen LogP contribution in [0.2, 0.25) is 10.0 Å². The number of ether oxygens (including phenoxy) is 1. The standard InChI is InChI=1S/C21H22Cl2N2O3/c1-2-28-17-6-3-14(4-7-17)20(26)24-16-9-11-25(12-10-16)21(27)18-8-5-15(22)13-19(18)23/h3-8,13,16H,2,9-12H2,1H3,(H,24,26). The second-order valence-corrected chi connectivity index (χ2v) is 7.47. The number of hydrogen-bond acceptors (Lipinski definition) is 3. The van der Waals surface area contributed by atoms with Crippen molar-refractivity contribution in [1.82, 2.24) is 10.2 Å². The van der Waals surface area contributed by atoms with E-state index in [1.165, 1.54) is 0 Å². The Balaban J connectivity index is 1.53. The molecule has 0 bridgehead atoms. The van der Waals surface area contributed by atoms with E-state index < -0.39 is 0 Å². The van der Waals surface area contributed by atoms with Crippen LogP contribution in [0.1, 0.15) is 40.5 Å². The van der Waals surface area contributed by atoms with Crippen LogP contribution in [-0.2, 0) is 0 Å². The Hall–Kier alpha value is -2.24. The van der Waals surface area contributed by atoms with Crippen LogP contribution in [0, 0.1) is 0 Å². The zero-order chi connectivity index (χ0) is 20.1. The quantitative estimate of drug-likeness (QED) is 0.778. The molecule has 0 radical (unpaired) electrons. The summed E-state index contributed by atoms with van der Waals surface area (Å²) in [5.41, 5.74) is 1.04. The van der Waals surface area contributed by atoms with E-state index in [0.717, 1.165) is 5.75 Å². The summed E-state index contributed by atoms with van der Waals surface area (Å²) >= 11 is 12.0. The highest BCUT2D eigenvalue weighted by Crippen LogP contribution is 2.24. The molecule has 0 spiro atoms. The van der Waals surface area contributed by atoms with Gasteiger partial charge in [0.05, 0.1) is 17.2 Å². The van der Waals surface area contributed by atoms with Gasteiger partial charge in [-0.15, -0.1) is 0 Å². The zero-order valence-corrected chi connectivity index (χ0v) is 17.1. The summed E-state index contributed by atoms with van der Waals surface area (Å²) in [5.74, 6) is 0.512. The molecule has 0 aliphatic carbocycles. The third-order valence-electron chi connectivity index (χ3n) is 4.71. The average molecular weight is 421 g/mol. The highest BCUT2D eigenvalue weighted by atomic mass is 35.5. The third-order valence-corrected chi connectivity index (χ3v) is 5.25. The van der Waals surface area contributed by atoms with Crippen molar-refractivity contribution in [3.05, 3.63) is 63.6 Å². The van der Waals surface area contributed by atoms with Gasteiger partial charge in [0.25, 0.3) is 11.8 Å². The second-order valence-electron chi connectivity index (χ2n) is 6.62. The molecule has 1 fully saturated rings. The number of carbonyl (C=O) groups excluding carboxylic acids is 2. The molecule has 1 N–H and O–H groups in total. The molecule has 148 valence electrons. The summed E-state index contributed by atoms with van der Waals surface area (Å²) in [5, 5.41) is 3.89. The Morgan fingerprint density at radius 1 is 1.11 bits per heavy atom. The molecule has 2 amide bonds. The van der Waals surface area contributed by atoms with E-state index in [2.05, 4.69) is 5.32 Å². The van der Waals surface area contributed by atoms with Gasteiger partial charge >= 0.3 is 0 Å². The minimum Gasteiger partial charge on any atom is -0.494 e. The summed E-state index contributed by atoms with van der Waals surface area (Å²) < 4.78 is 5.39. The Morgan fingerprint density at radius 3 is 2.39 bits per heavy atom. The maximum Gasteiger partial charge on any atom is 0.255 e. The number of likely N-dealkylation sites (tertiary alicyclic amines) is 1. The Kier molecular flexibility index (Phi) is 6.81. The molecule has 7 heteroatoms. The van der Waals surface area contributed by atoms with E-state index >= 15 is 0 Å². The van der Waals surface area contributed by atoms with Crippen molar-refractivity contribution in [1.29, 1.82) is 0 Å². The highest BCUT2D eigenvalue weighted by molar-refractivity contribution is 6.36. The lowest BCUT2D eigenvalue weighted by molar-refractivity contribution is 0.0698. The molecule has 1 aliphatic rings. The molecule has 0 aromatic heterocycles. The smallest absolute Gasteiger partial charge is 0.255 e. The Morgan fingerprint density at radius 2 is 1.79 bits per heavy atom. The first-order valence-electron chi connectivity index (χ1n) is 9.26. The van der Waals surface area contributed by atoms with Gasteiger partial charge in [0.1, 0.15) is 5.75 Å². The topological polar surface area (TPSA) is 58.6 Å². The van der Waals surface area contributed by atoms with E-state index in [1.54, 1.807) is 47.4 Å². The van der Waals surface area contributed by atoms with Crippen LogP contribution in [0.15, 0.2) is 42.5 Å². The summed E-state index contributed by atoms with van der Waals surface area (Å²) in [6.45, 7) is 3.63. The van der Waals surface area contributed by atoms with Gasteiger partial charge in [0, 0.05) is 29.7 Å². The average Bonchev–Trinajstić information content (AvgIpc) is 2.69. The van der Waals surface area contributed by atoms with Crippen molar-refractivity contribution >= 4 is 35.0 Å². The van der Waals surface area contributed by atoms with Crippen molar-refractivity contribution in [2.24, 2.45) is 0 Å². The third kappa shape index (κ3) is 4.97. The number of nitrogens with zero attached hydrogens (tertiary/aromatic N) is 1. The number of hydrogen-bond donors (Lipinski definition) is 1. The van der Waals surface area contributed by atoms with Gasteiger partial charge in [-0.1, -0.05) is 23.2 Å². The zero-order valence-electron chi connectivity index (χ0n) is 15.6.